The molecule has 0 aromatic heterocycles. The van der Waals surface area contributed by atoms with Crippen LogP contribution in [0.15, 0.2) is 24.3 Å². The van der Waals surface area contributed by atoms with Crippen LogP contribution in [0.3, 0.4) is 0 Å². The van der Waals surface area contributed by atoms with Crippen molar-refractivity contribution in [3.63, 3.8) is 0 Å². The van der Waals surface area contributed by atoms with Crippen molar-refractivity contribution < 1.29 is 17.9 Å². The van der Waals surface area contributed by atoms with Crippen molar-refractivity contribution in [3.05, 3.63) is 29.8 Å². The summed E-state index contributed by atoms with van der Waals surface area (Å²) in [5.74, 6) is -0.541. The van der Waals surface area contributed by atoms with Crippen molar-refractivity contribution in [1.29, 1.82) is 0 Å². The maximum absolute atomic E-state index is 11.8. The first kappa shape index (κ1) is 17.5. The van der Waals surface area contributed by atoms with Gasteiger partial charge in [-0.05, 0) is 44.9 Å². The molecule has 0 spiro atoms. The van der Waals surface area contributed by atoms with E-state index in [4.69, 9.17) is 10.5 Å². The van der Waals surface area contributed by atoms with Crippen molar-refractivity contribution in [1.82, 2.24) is 0 Å². The van der Waals surface area contributed by atoms with Crippen LogP contribution in [-0.4, -0.2) is 31.5 Å². The first-order valence-corrected chi connectivity index (χ1v) is 8.49. The van der Waals surface area contributed by atoms with Crippen LogP contribution < -0.4 is 5.73 Å². The zero-order valence-electron chi connectivity index (χ0n) is 12.8. The molecule has 6 heteroatoms. The lowest BCUT2D eigenvalue weighted by molar-refractivity contribution is -0.142. The minimum Gasteiger partial charge on any atom is -0.465 e. The molecule has 0 aliphatic heterocycles. The Bertz CT molecular complexity index is 571. The molecule has 0 amide bonds. The maximum atomic E-state index is 11.8. The van der Waals surface area contributed by atoms with E-state index < -0.39 is 20.6 Å². The lowest BCUT2D eigenvalue weighted by Gasteiger charge is -2.18. The van der Waals surface area contributed by atoms with E-state index in [9.17, 15) is 13.2 Å². The van der Waals surface area contributed by atoms with Gasteiger partial charge < -0.3 is 10.5 Å². The fourth-order valence-electron chi connectivity index (χ4n) is 1.57. The third kappa shape index (κ3) is 5.75. The Morgan fingerprint density at radius 2 is 1.76 bits per heavy atom. The number of rotatable bonds is 6. The molecule has 5 nitrogen and oxygen atoms in total. The van der Waals surface area contributed by atoms with E-state index in [1.807, 2.05) is 12.1 Å². The Hall–Kier alpha value is -1.56. The average Bonchev–Trinajstić information content (AvgIpc) is 2.36. The third-order valence-electron chi connectivity index (χ3n) is 3.15. The summed E-state index contributed by atoms with van der Waals surface area (Å²) in [4.78, 5) is 11.6. The van der Waals surface area contributed by atoms with E-state index in [1.54, 1.807) is 32.9 Å². The second-order valence-corrected chi connectivity index (χ2v) is 8.76. The van der Waals surface area contributed by atoms with Crippen molar-refractivity contribution in [2.24, 2.45) is 0 Å². The van der Waals surface area contributed by atoms with Crippen LogP contribution in [0.5, 0.6) is 0 Å². The number of hydrogen-bond acceptors (Lipinski definition) is 5. The van der Waals surface area contributed by atoms with Gasteiger partial charge in [0.1, 0.15) is 6.61 Å². The number of hydrogen-bond donors (Lipinski definition) is 1. The molecule has 0 saturated carbocycles. The molecular weight excluding hydrogens is 290 g/mol. The van der Waals surface area contributed by atoms with Crippen molar-refractivity contribution in [3.8, 4) is 0 Å². The summed E-state index contributed by atoms with van der Waals surface area (Å²) in [6.45, 7) is 4.79. The Labute approximate surface area is 126 Å². The molecule has 0 radical (unpaired) electrons. The van der Waals surface area contributed by atoms with Gasteiger partial charge in [-0.2, -0.15) is 0 Å². The van der Waals surface area contributed by atoms with E-state index in [1.165, 1.54) is 0 Å². The summed E-state index contributed by atoms with van der Waals surface area (Å²) in [5, 5.41) is 0. The zero-order valence-corrected chi connectivity index (χ0v) is 13.6. The monoisotopic (exact) mass is 313 g/mol. The lowest BCUT2D eigenvalue weighted by Crippen LogP contribution is -2.32. The van der Waals surface area contributed by atoms with Gasteiger partial charge in [-0.25, -0.2) is 8.42 Å². The Morgan fingerprint density at radius 1 is 1.19 bits per heavy atom. The van der Waals surface area contributed by atoms with Gasteiger partial charge in [-0.15, -0.1) is 0 Å². The smallest absolute Gasteiger partial charge is 0.306 e. The van der Waals surface area contributed by atoms with Crippen LogP contribution >= 0.6 is 0 Å². The van der Waals surface area contributed by atoms with Gasteiger partial charge in [-0.3, -0.25) is 4.79 Å². The highest BCUT2D eigenvalue weighted by molar-refractivity contribution is 7.92. The predicted molar refractivity (Wildman–Crippen MR) is 83.7 cm³/mol. The molecule has 1 aromatic carbocycles. The van der Waals surface area contributed by atoms with Crippen LogP contribution in [0.25, 0.3) is 0 Å². The van der Waals surface area contributed by atoms with Gasteiger partial charge in [0.25, 0.3) is 0 Å². The lowest BCUT2D eigenvalue weighted by atomic mass is 10.1. The highest BCUT2D eigenvalue weighted by Crippen LogP contribution is 2.15. The number of nitrogens with two attached hydrogens (primary N) is 1. The number of sulfone groups is 1. The summed E-state index contributed by atoms with van der Waals surface area (Å²) < 4.78 is 27.8. The standard InChI is InChI=1S/C15H23NO4S/c1-15(2,3)21(18,19)11-10-20-14(17)9-6-12-4-7-13(16)8-5-12/h4-5,7-8H,6,9-11,16H2,1-3H3. The highest BCUT2D eigenvalue weighted by Gasteiger charge is 2.28. The van der Waals surface area contributed by atoms with Gasteiger partial charge in [0.15, 0.2) is 9.84 Å². The van der Waals surface area contributed by atoms with E-state index in [2.05, 4.69) is 0 Å². The SMILES string of the molecule is CC(C)(C)S(=O)(=O)CCOC(=O)CCc1ccc(N)cc1. The molecule has 1 aromatic rings. The Balaban J connectivity index is 2.34. The highest BCUT2D eigenvalue weighted by atomic mass is 32.2. The molecule has 21 heavy (non-hydrogen) atoms. The van der Waals surface area contributed by atoms with Gasteiger partial charge in [0, 0.05) is 12.1 Å². The van der Waals surface area contributed by atoms with E-state index in [-0.39, 0.29) is 18.8 Å². The van der Waals surface area contributed by atoms with E-state index >= 15 is 0 Å². The molecule has 0 heterocycles. The molecule has 0 fully saturated rings. The molecule has 0 unspecified atom stereocenters. The van der Waals surface area contributed by atoms with Crippen LogP contribution in [-0.2, 0) is 25.8 Å². The van der Waals surface area contributed by atoms with E-state index in [0.29, 0.717) is 12.1 Å². The minimum atomic E-state index is -3.26. The topological polar surface area (TPSA) is 86.5 Å². The number of carbonyl (C=O) groups excluding carboxylic acids is 1. The van der Waals surface area contributed by atoms with Crippen LogP contribution in [0.4, 0.5) is 5.69 Å². The van der Waals surface area contributed by atoms with Crippen molar-refractivity contribution in [2.45, 2.75) is 38.4 Å². The second kappa shape index (κ2) is 6.93. The van der Waals surface area contributed by atoms with Gasteiger partial charge in [0.05, 0.1) is 10.5 Å². The quantitative estimate of drug-likeness (QED) is 0.641. The maximum Gasteiger partial charge on any atom is 0.306 e. The zero-order chi connectivity index (χ0) is 16.1. The number of ether oxygens (including phenoxy) is 1. The van der Waals surface area contributed by atoms with Crippen molar-refractivity contribution >= 4 is 21.5 Å². The summed E-state index contributed by atoms with van der Waals surface area (Å²) in [5.41, 5.74) is 7.24. The second-order valence-electron chi connectivity index (χ2n) is 5.89. The number of anilines is 1. The molecule has 2 N–H and O–H groups in total. The van der Waals surface area contributed by atoms with Crippen LogP contribution in [0.1, 0.15) is 32.8 Å². The molecule has 0 saturated heterocycles. The van der Waals surface area contributed by atoms with Gasteiger partial charge in [0.2, 0.25) is 0 Å². The summed E-state index contributed by atoms with van der Waals surface area (Å²) >= 11 is 0. The van der Waals surface area contributed by atoms with Crippen molar-refractivity contribution in [2.75, 3.05) is 18.1 Å². The first-order valence-electron chi connectivity index (χ1n) is 6.84. The molecule has 0 aliphatic carbocycles. The summed E-state index contributed by atoms with van der Waals surface area (Å²) in [7, 11) is -3.26. The van der Waals surface area contributed by atoms with Gasteiger partial charge >= 0.3 is 5.97 Å². The predicted octanol–water partition coefficient (Wildman–Crippen LogP) is 1.96. The third-order valence-corrected chi connectivity index (χ3v) is 5.72. The average molecular weight is 313 g/mol. The minimum absolute atomic E-state index is 0.0970. The molecule has 0 aliphatic rings. The number of carbonyl (C=O) groups is 1. The molecule has 118 valence electrons. The molecule has 1 rings (SSSR count). The Kier molecular flexibility index (Phi) is 5.78. The number of esters is 1. The number of aryl methyl sites for hydroxylation is 1. The summed E-state index contributed by atoms with van der Waals surface area (Å²) in [6.07, 6.45) is 0.768. The first-order chi connectivity index (χ1) is 9.62. The number of benzene rings is 1. The normalized spacial score (nSPS) is 12.1. The van der Waals surface area contributed by atoms with Crippen LogP contribution in [0, 0.1) is 0 Å². The Morgan fingerprint density at radius 3 is 2.29 bits per heavy atom. The molecular formula is C15H23NO4S. The fraction of sp³-hybridized carbons (Fsp3) is 0.533. The van der Waals surface area contributed by atoms with Gasteiger partial charge in [-0.1, -0.05) is 12.1 Å². The number of nitrogen functional groups attached to an aromatic ring is 1. The molecule has 0 atom stereocenters. The van der Waals surface area contributed by atoms with Crippen LogP contribution in [0.2, 0.25) is 0 Å². The summed E-state index contributed by atoms with van der Waals surface area (Å²) in [6, 6.07) is 7.26. The molecule has 0 bridgehead atoms. The van der Waals surface area contributed by atoms with E-state index in [0.717, 1.165) is 5.56 Å². The fourth-order valence-corrected chi connectivity index (χ4v) is 2.49. The largest absolute Gasteiger partial charge is 0.465 e.